The molecule has 1 N–H and O–H groups in total. The Morgan fingerprint density at radius 2 is 1.77 bits per heavy atom. The number of methoxy groups -OCH3 is 1. The van der Waals surface area contributed by atoms with Crippen LogP contribution in [0.2, 0.25) is 0 Å². The van der Waals surface area contributed by atoms with Crippen LogP contribution in [0.4, 0.5) is 5.69 Å². The summed E-state index contributed by atoms with van der Waals surface area (Å²) < 4.78 is 17.8. The number of hydrogen-bond donors (Lipinski definition) is 1. The lowest BCUT2D eigenvalue weighted by Gasteiger charge is -2.39. The van der Waals surface area contributed by atoms with Gasteiger partial charge in [-0.1, -0.05) is 60.7 Å². The van der Waals surface area contributed by atoms with Crippen molar-refractivity contribution in [3.05, 3.63) is 95.1 Å². The molecule has 3 aliphatic heterocycles. The molecule has 6 heteroatoms. The van der Waals surface area contributed by atoms with Gasteiger partial charge in [-0.25, -0.2) is 0 Å². The predicted octanol–water partition coefficient (Wildman–Crippen LogP) is 5.18. The molecule has 0 aromatic heterocycles. The van der Waals surface area contributed by atoms with Gasteiger partial charge in [0.1, 0.15) is 12.4 Å². The topological polar surface area (TPSA) is 46.2 Å². The molecule has 3 aromatic rings. The van der Waals surface area contributed by atoms with Crippen LogP contribution in [-0.2, 0) is 22.6 Å². The van der Waals surface area contributed by atoms with Crippen LogP contribution in [0.15, 0.2) is 72.8 Å². The maximum absolute atomic E-state index is 6.59. The van der Waals surface area contributed by atoms with Crippen molar-refractivity contribution in [1.82, 2.24) is 10.2 Å². The average Bonchev–Trinajstić information content (AvgIpc) is 2.99. The zero-order valence-electron chi connectivity index (χ0n) is 23.8. The van der Waals surface area contributed by atoms with Crippen LogP contribution in [0.5, 0.6) is 5.75 Å². The third kappa shape index (κ3) is 6.52. The first-order valence-electron chi connectivity index (χ1n) is 14.9. The molecular formula is C34H43N3O3. The smallest absolute Gasteiger partial charge is 0.142 e. The van der Waals surface area contributed by atoms with Gasteiger partial charge in [-0.3, -0.25) is 4.90 Å². The van der Waals surface area contributed by atoms with Crippen molar-refractivity contribution in [3.8, 4) is 5.75 Å². The largest absolute Gasteiger partial charge is 0.490 e. The minimum atomic E-state index is 0.159. The summed E-state index contributed by atoms with van der Waals surface area (Å²) >= 11 is 0. The Hall–Kier alpha value is -2.90. The number of rotatable bonds is 11. The fraction of sp³-hybridized carbons (Fsp3) is 0.471. The standard InChI is InChI=1S/C34H43N3O3/c1-38-18-5-16-37-17-19-39-33-13-10-27(20-32(33)37)25-40-34-21-35-15-14-31(34)29-11-8-26(9-12-29)22-36-23-30(24-36)28-6-3-2-4-7-28/h2-4,6-13,20,30-31,34-35H,5,14-19,21-25H2,1H3/t31-,34+/m1/s1. The molecule has 2 fully saturated rings. The van der Waals surface area contributed by atoms with E-state index >= 15 is 0 Å². The lowest BCUT2D eigenvalue weighted by atomic mass is 9.87. The minimum absolute atomic E-state index is 0.159. The quantitative estimate of drug-likeness (QED) is 0.338. The van der Waals surface area contributed by atoms with Crippen LogP contribution in [0.1, 0.15) is 46.9 Å². The summed E-state index contributed by atoms with van der Waals surface area (Å²) in [6.45, 7) is 9.26. The van der Waals surface area contributed by atoms with Crippen molar-refractivity contribution in [1.29, 1.82) is 0 Å². The molecule has 0 bridgehead atoms. The molecule has 212 valence electrons. The van der Waals surface area contributed by atoms with Gasteiger partial charge >= 0.3 is 0 Å². The monoisotopic (exact) mass is 541 g/mol. The number of anilines is 1. The number of benzene rings is 3. The molecule has 6 nitrogen and oxygen atoms in total. The molecule has 0 spiro atoms. The van der Waals surface area contributed by atoms with Gasteiger partial charge in [0.2, 0.25) is 0 Å². The molecule has 0 radical (unpaired) electrons. The fourth-order valence-corrected chi connectivity index (χ4v) is 6.39. The van der Waals surface area contributed by atoms with E-state index in [0.29, 0.717) is 18.4 Å². The molecule has 40 heavy (non-hydrogen) atoms. The van der Waals surface area contributed by atoms with E-state index in [0.717, 1.165) is 77.6 Å². The average molecular weight is 542 g/mol. The molecule has 0 saturated carbocycles. The van der Waals surface area contributed by atoms with Crippen molar-refractivity contribution in [2.24, 2.45) is 0 Å². The van der Waals surface area contributed by atoms with Crippen molar-refractivity contribution in [2.75, 3.05) is 64.5 Å². The zero-order valence-corrected chi connectivity index (χ0v) is 23.8. The van der Waals surface area contributed by atoms with Gasteiger partial charge in [-0.2, -0.15) is 0 Å². The Labute approximate surface area is 239 Å². The van der Waals surface area contributed by atoms with Crippen molar-refractivity contribution >= 4 is 5.69 Å². The molecular weight excluding hydrogens is 498 g/mol. The van der Waals surface area contributed by atoms with Gasteiger partial charge in [-0.05, 0) is 53.8 Å². The first-order chi connectivity index (χ1) is 19.8. The molecule has 0 unspecified atom stereocenters. The number of likely N-dealkylation sites (tertiary alicyclic amines) is 1. The zero-order chi connectivity index (χ0) is 27.1. The summed E-state index contributed by atoms with van der Waals surface area (Å²) in [5, 5.41) is 3.56. The molecule has 2 saturated heterocycles. The Balaban J connectivity index is 1.04. The van der Waals surface area contributed by atoms with Crippen LogP contribution >= 0.6 is 0 Å². The predicted molar refractivity (Wildman–Crippen MR) is 160 cm³/mol. The highest BCUT2D eigenvalue weighted by Crippen LogP contribution is 2.34. The van der Waals surface area contributed by atoms with E-state index in [1.54, 1.807) is 7.11 Å². The summed E-state index contributed by atoms with van der Waals surface area (Å²) in [6, 6.07) is 26.7. The van der Waals surface area contributed by atoms with E-state index in [1.165, 1.54) is 27.9 Å². The number of hydrogen-bond acceptors (Lipinski definition) is 6. The van der Waals surface area contributed by atoms with Crippen molar-refractivity contribution < 1.29 is 14.2 Å². The van der Waals surface area contributed by atoms with E-state index in [2.05, 4.69) is 87.9 Å². The molecule has 0 amide bonds. The summed E-state index contributed by atoms with van der Waals surface area (Å²) in [6.07, 6.45) is 2.27. The number of ether oxygens (including phenoxy) is 3. The summed E-state index contributed by atoms with van der Waals surface area (Å²) in [5.74, 6) is 2.06. The van der Waals surface area contributed by atoms with E-state index in [-0.39, 0.29) is 6.10 Å². The molecule has 3 aliphatic rings. The lowest BCUT2D eigenvalue weighted by molar-refractivity contribution is 0.0106. The highest BCUT2D eigenvalue weighted by atomic mass is 16.5. The summed E-state index contributed by atoms with van der Waals surface area (Å²) in [5.41, 5.74) is 6.63. The maximum atomic E-state index is 6.59. The van der Waals surface area contributed by atoms with Gasteiger partial charge < -0.3 is 24.4 Å². The van der Waals surface area contributed by atoms with E-state index in [4.69, 9.17) is 14.2 Å². The maximum Gasteiger partial charge on any atom is 0.142 e. The van der Waals surface area contributed by atoms with Crippen LogP contribution < -0.4 is 15.0 Å². The van der Waals surface area contributed by atoms with Gasteiger partial charge in [-0.15, -0.1) is 0 Å². The van der Waals surface area contributed by atoms with Crippen molar-refractivity contribution in [2.45, 2.75) is 43.9 Å². The Morgan fingerprint density at radius 1 is 0.950 bits per heavy atom. The highest BCUT2D eigenvalue weighted by molar-refractivity contribution is 5.61. The van der Waals surface area contributed by atoms with Crippen LogP contribution in [0.3, 0.4) is 0 Å². The number of nitrogens with one attached hydrogen (secondary N) is 1. The van der Waals surface area contributed by atoms with Crippen molar-refractivity contribution in [3.63, 3.8) is 0 Å². The Kier molecular flexibility index (Phi) is 8.99. The number of nitrogens with zero attached hydrogens (tertiary/aromatic N) is 2. The number of piperidine rings is 1. The molecule has 3 aromatic carbocycles. The second-order valence-electron chi connectivity index (χ2n) is 11.5. The van der Waals surface area contributed by atoms with Crippen LogP contribution in [0, 0.1) is 0 Å². The van der Waals surface area contributed by atoms with Gasteiger partial charge in [0, 0.05) is 58.3 Å². The van der Waals surface area contributed by atoms with Gasteiger partial charge in [0.25, 0.3) is 0 Å². The summed E-state index contributed by atoms with van der Waals surface area (Å²) in [4.78, 5) is 4.96. The Morgan fingerprint density at radius 3 is 2.60 bits per heavy atom. The SMILES string of the molecule is COCCCN1CCOc2ccc(CO[C@H]3CNCC[C@@H]3c3ccc(CN4CC(c5ccccc5)C4)cc3)cc21. The first-order valence-corrected chi connectivity index (χ1v) is 14.9. The lowest BCUT2D eigenvalue weighted by Crippen LogP contribution is -2.44. The molecule has 2 atom stereocenters. The minimum Gasteiger partial charge on any atom is -0.490 e. The fourth-order valence-electron chi connectivity index (χ4n) is 6.39. The second-order valence-corrected chi connectivity index (χ2v) is 11.5. The summed E-state index contributed by atoms with van der Waals surface area (Å²) in [7, 11) is 1.76. The second kappa shape index (κ2) is 13.2. The van der Waals surface area contributed by atoms with E-state index in [1.807, 2.05) is 0 Å². The van der Waals surface area contributed by atoms with Crippen LogP contribution in [0.25, 0.3) is 0 Å². The van der Waals surface area contributed by atoms with Crippen LogP contribution in [-0.4, -0.2) is 70.6 Å². The Bertz CT molecular complexity index is 1210. The first kappa shape index (κ1) is 27.3. The molecule has 6 rings (SSSR count). The van der Waals surface area contributed by atoms with Gasteiger partial charge in [0.05, 0.1) is 24.9 Å². The third-order valence-electron chi connectivity index (χ3n) is 8.69. The highest BCUT2D eigenvalue weighted by Gasteiger charge is 2.29. The van der Waals surface area contributed by atoms with Gasteiger partial charge in [0.15, 0.2) is 0 Å². The normalized spacial score (nSPS) is 21.5. The van der Waals surface area contributed by atoms with E-state index in [9.17, 15) is 0 Å². The molecule has 0 aliphatic carbocycles. The number of fused-ring (bicyclic) bond motifs is 1. The molecule has 3 heterocycles. The third-order valence-corrected chi connectivity index (χ3v) is 8.69. The van der Waals surface area contributed by atoms with E-state index < -0.39 is 0 Å².